The molecule has 7 heteroatoms. The molecule has 0 aliphatic carbocycles. The van der Waals surface area contributed by atoms with Gasteiger partial charge in [-0.2, -0.15) is 5.10 Å². The van der Waals surface area contributed by atoms with E-state index in [0.29, 0.717) is 17.8 Å². The Hall–Kier alpha value is -3.38. The number of halogens is 2. The van der Waals surface area contributed by atoms with E-state index < -0.39 is 11.7 Å². The number of nitrogens with zero attached hydrogens (tertiary/aromatic N) is 1. The molecule has 5 nitrogen and oxygen atoms in total. The highest BCUT2D eigenvalue weighted by atomic mass is 35.5. The summed E-state index contributed by atoms with van der Waals surface area (Å²) in [5.74, 6) is -0.246. The molecule has 0 bridgehead atoms. The lowest BCUT2D eigenvalue weighted by molar-refractivity contribution is 0.102. The van der Waals surface area contributed by atoms with Crippen molar-refractivity contribution in [1.29, 1.82) is 0 Å². The van der Waals surface area contributed by atoms with E-state index in [1.54, 1.807) is 0 Å². The number of hydrogen-bond donors (Lipinski definition) is 2. The molecule has 4 aromatic rings. The Balaban J connectivity index is 1.64. The number of carbonyl (C=O) groups excluding carboxylic acids is 1. The predicted molar refractivity (Wildman–Crippen MR) is 112 cm³/mol. The molecule has 2 N–H and O–H groups in total. The number of ether oxygens (including phenoxy) is 1. The molecule has 1 heterocycles. The Morgan fingerprint density at radius 3 is 2.72 bits per heavy atom. The highest BCUT2D eigenvalue weighted by Crippen LogP contribution is 2.29. The fraction of sp³-hybridized carbons (Fsp3) is 0.0909. The van der Waals surface area contributed by atoms with E-state index in [1.165, 1.54) is 18.2 Å². The largest absolute Gasteiger partial charge is 0.494 e. The standard InChI is InChI=1S/C22H17ClFN3O2/c1-2-29-15-6-3-5-13(11-15)14-9-10-16-19(12-14)26-27-21(16)25-22(28)20-17(23)7-4-8-18(20)24/h3-12H,2H2,1H3,(H2,25,26,27,28). The molecule has 0 saturated heterocycles. The molecule has 0 unspecified atom stereocenters. The first-order valence-corrected chi connectivity index (χ1v) is 9.41. The lowest BCUT2D eigenvalue weighted by Gasteiger charge is -2.07. The van der Waals surface area contributed by atoms with Crippen LogP contribution in [0.25, 0.3) is 22.0 Å². The SMILES string of the molecule is CCOc1cccc(-c2ccc3c(NC(=O)c4c(F)cccc4Cl)n[nH]c3c2)c1. The van der Waals surface area contributed by atoms with E-state index in [4.69, 9.17) is 16.3 Å². The van der Waals surface area contributed by atoms with Crippen LogP contribution in [0.15, 0.2) is 60.7 Å². The Labute approximate surface area is 171 Å². The molecular weight excluding hydrogens is 393 g/mol. The minimum atomic E-state index is -0.689. The molecule has 0 radical (unpaired) electrons. The van der Waals surface area contributed by atoms with Crippen LogP contribution in [0.2, 0.25) is 5.02 Å². The van der Waals surface area contributed by atoms with E-state index in [9.17, 15) is 9.18 Å². The van der Waals surface area contributed by atoms with E-state index >= 15 is 0 Å². The zero-order chi connectivity index (χ0) is 20.4. The molecule has 0 spiro atoms. The Morgan fingerprint density at radius 1 is 1.14 bits per heavy atom. The summed E-state index contributed by atoms with van der Waals surface area (Å²) < 4.78 is 19.5. The fourth-order valence-corrected chi connectivity index (χ4v) is 3.36. The van der Waals surface area contributed by atoms with Gasteiger partial charge in [0.15, 0.2) is 5.82 Å². The van der Waals surface area contributed by atoms with Gasteiger partial charge in [0.2, 0.25) is 0 Å². The summed E-state index contributed by atoms with van der Waals surface area (Å²) in [7, 11) is 0. The van der Waals surface area contributed by atoms with Crippen molar-refractivity contribution in [3.63, 3.8) is 0 Å². The van der Waals surface area contributed by atoms with Gasteiger partial charge in [0.1, 0.15) is 11.6 Å². The van der Waals surface area contributed by atoms with Gasteiger partial charge in [-0.15, -0.1) is 0 Å². The predicted octanol–water partition coefficient (Wildman–Crippen LogP) is 5.67. The summed E-state index contributed by atoms with van der Waals surface area (Å²) >= 11 is 5.97. The Kier molecular flexibility index (Phi) is 5.18. The van der Waals surface area contributed by atoms with Crippen LogP contribution < -0.4 is 10.1 Å². The number of anilines is 1. The smallest absolute Gasteiger partial charge is 0.261 e. The first-order valence-electron chi connectivity index (χ1n) is 9.03. The fourth-order valence-electron chi connectivity index (χ4n) is 3.11. The second-order valence-corrected chi connectivity index (χ2v) is 6.75. The van der Waals surface area contributed by atoms with Crippen molar-refractivity contribution in [1.82, 2.24) is 10.2 Å². The molecule has 0 atom stereocenters. The number of hydrogen-bond acceptors (Lipinski definition) is 3. The summed E-state index contributed by atoms with van der Waals surface area (Å²) in [6.07, 6.45) is 0. The van der Waals surface area contributed by atoms with Crippen LogP contribution in [-0.2, 0) is 0 Å². The van der Waals surface area contributed by atoms with Gasteiger partial charge in [-0.3, -0.25) is 9.89 Å². The third-order valence-corrected chi connectivity index (χ3v) is 4.78. The van der Waals surface area contributed by atoms with E-state index in [1.807, 2.05) is 49.4 Å². The number of nitrogens with one attached hydrogen (secondary N) is 2. The maximum absolute atomic E-state index is 14.0. The van der Waals surface area contributed by atoms with Crippen molar-refractivity contribution in [3.05, 3.63) is 77.1 Å². The van der Waals surface area contributed by atoms with Gasteiger partial charge < -0.3 is 10.1 Å². The monoisotopic (exact) mass is 409 g/mol. The average molecular weight is 410 g/mol. The molecule has 4 rings (SSSR count). The van der Waals surface area contributed by atoms with Crippen molar-refractivity contribution < 1.29 is 13.9 Å². The quantitative estimate of drug-likeness (QED) is 0.446. The maximum atomic E-state index is 14.0. The third kappa shape index (κ3) is 3.79. The van der Waals surface area contributed by atoms with Crippen LogP contribution in [-0.4, -0.2) is 22.7 Å². The van der Waals surface area contributed by atoms with Crippen molar-refractivity contribution in [2.75, 3.05) is 11.9 Å². The van der Waals surface area contributed by atoms with Crippen LogP contribution in [0, 0.1) is 5.82 Å². The molecule has 0 fully saturated rings. The van der Waals surface area contributed by atoms with Crippen LogP contribution in [0.3, 0.4) is 0 Å². The van der Waals surface area contributed by atoms with Gasteiger partial charge >= 0.3 is 0 Å². The Bertz CT molecular complexity index is 1190. The minimum absolute atomic E-state index is 0.0406. The summed E-state index contributed by atoms with van der Waals surface area (Å²) in [5, 5.41) is 10.4. The minimum Gasteiger partial charge on any atom is -0.494 e. The lowest BCUT2D eigenvalue weighted by Crippen LogP contribution is -2.14. The van der Waals surface area contributed by atoms with Crippen LogP contribution in [0.1, 0.15) is 17.3 Å². The average Bonchev–Trinajstić information content (AvgIpc) is 3.10. The maximum Gasteiger partial charge on any atom is 0.261 e. The second kappa shape index (κ2) is 7.93. The van der Waals surface area contributed by atoms with Crippen LogP contribution in [0.4, 0.5) is 10.2 Å². The lowest BCUT2D eigenvalue weighted by atomic mass is 10.0. The molecule has 1 aromatic heterocycles. The topological polar surface area (TPSA) is 67.0 Å². The van der Waals surface area contributed by atoms with E-state index in [0.717, 1.165) is 22.4 Å². The van der Waals surface area contributed by atoms with Crippen molar-refractivity contribution in [3.8, 4) is 16.9 Å². The number of aromatic nitrogens is 2. The van der Waals surface area contributed by atoms with Crippen molar-refractivity contribution in [2.45, 2.75) is 6.92 Å². The molecule has 0 aliphatic rings. The zero-order valence-corrected chi connectivity index (χ0v) is 16.3. The van der Waals surface area contributed by atoms with Gasteiger partial charge in [0, 0.05) is 5.39 Å². The van der Waals surface area contributed by atoms with Gasteiger partial charge in [-0.05, 0) is 54.4 Å². The number of carbonyl (C=O) groups is 1. The molecular formula is C22H17ClFN3O2. The summed E-state index contributed by atoms with van der Waals surface area (Å²) in [4.78, 5) is 12.5. The van der Waals surface area contributed by atoms with Crippen LogP contribution >= 0.6 is 11.6 Å². The third-order valence-electron chi connectivity index (χ3n) is 4.46. The highest BCUT2D eigenvalue weighted by Gasteiger charge is 2.18. The summed E-state index contributed by atoms with van der Waals surface area (Å²) in [5.41, 5.74) is 2.49. The number of amides is 1. The second-order valence-electron chi connectivity index (χ2n) is 6.34. The number of rotatable bonds is 5. The first kappa shape index (κ1) is 19.0. The molecule has 1 amide bonds. The van der Waals surface area contributed by atoms with Gasteiger partial charge in [-0.25, -0.2) is 4.39 Å². The summed E-state index contributed by atoms with van der Waals surface area (Å²) in [6, 6.07) is 17.6. The molecule has 0 saturated carbocycles. The molecule has 3 aromatic carbocycles. The van der Waals surface area contributed by atoms with E-state index in [-0.39, 0.29) is 10.6 Å². The number of aromatic amines is 1. The first-order chi connectivity index (χ1) is 14.1. The van der Waals surface area contributed by atoms with Gasteiger partial charge in [-0.1, -0.05) is 35.9 Å². The van der Waals surface area contributed by atoms with Gasteiger partial charge in [0.05, 0.1) is 22.7 Å². The van der Waals surface area contributed by atoms with Gasteiger partial charge in [0.25, 0.3) is 5.91 Å². The summed E-state index contributed by atoms with van der Waals surface area (Å²) in [6.45, 7) is 2.53. The highest BCUT2D eigenvalue weighted by molar-refractivity contribution is 6.34. The Morgan fingerprint density at radius 2 is 1.93 bits per heavy atom. The molecule has 0 aliphatic heterocycles. The number of fused-ring (bicyclic) bond motifs is 1. The molecule has 29 heavy (non-hydrogen) atoms. The van der Waals surface area contributed by atoms with Crippen molar-refractivity contribution in [2.24, 2.45) is 0 Å². The zero-order valence-electron chi connectivity index (χ0n) is 15.5. The van der Waals surface area contributed by atoms with Crippen LogP contribution in [0.5, 0.6) is 5.75 Å². The normalized spacial score (nSPS) is 10.9. The number of benzene rings is 3. The number of H-pyrrole nitrogens is 1. The van der Waals surface area contributed by atoms with Crippen molar-refractivity contribution >= 4 is 34.2 Å². The van der Waals surface area contributed by atoms with E-state index in [2.05, 4.69) is 15.5 Å². The molecule has 146 valence electrons.